The second-order valence-corrected chi connectivity index (χ2v) is 10.3. The third-order valence-electron chi connectivity index (χ3n) is 7.77. The minimum absolute atomic E-state index is 0.0788. The second kappa shape index (κ2) is 9.87. The topological polar surface area (TPSA) is 142 Å². The number of rotatable bonds is 6. The van der Waals surface area contributed by atoms with Crippen LogP contribution in [-0.4, -0.2) is 21.3 Å². The average molecular weight is 570 g/mol. The number of nitro benzene ring substituents is 1. The maximum absolute atomic E-state index is 12.0. The van der Waals surface area contributed by atoms with Crippen LogP contribution in [0.3, 0.4) is 0 Å². The third kappa shape index (κ3) is 4.27. The zero-order valence-corrected chi connectivity index (χ0v) is 22.9. The highest BCUT2D eigenvalue weighted by atomic mass is 16.7. The first kappa shape index (κ1) is 26.0. The SMILES string of the molecule is Cn1cncc1C(N)(c1ccc(C#N)cc1)c1cc2cc([N+](=O)[O-])cc(-c3cccc(-c4ccc5c(c4)OCO5)c3)c2o1. The highest BCUT2D eigenvalue weighted by Gasteiger charge is 2.38. The lowest BCUT2D eigenvalue weighted by Crippen LogP contribution is -2.40. The normalized spacial score (nSPS) is 13.5. The van der Waals surface area contributed by atoms with E-state index in [1.165, 1.54) is 12.1 Å². The predicted molar refractivity (Wildman–Crippen MR) is 158 cm³/mol. The molecule has 1 aliphatic heterocycles. The molecular weight excluding hydrogens is 546 g/mol. The fourth-order valence-corrected chi connectivity index (χ4v) is 5.56. The molecule has 0 saturated carbocycles. The van der Waals surface area contributed by atoms with Crippen LogP contribution in [0.5, 0.6) is 11.5 Å². The van der Waals surface area contributed by atoms with Gasteiger partial charge in [-0.15, -0.1) is 0 Å². The first-order valence-electron chi connectivity index (χ1n) is 13.3. The maximum Gasteiger partial charge on any atom is 0.270 e. The molecule has 0 radical (unpaired) electrons. The largest absolute Gasteiger partial charge is 0.458 e. The van der Waals surface area contributed by atoms with E-state index in [4.69, 9.17) is 19.6 Å². The highest BCUT2D eigenvalue weighted by Crippen LogP contribution is 2.42. The molecule has 0 fully saturated rings. The number of aromatic nitrogens is 2. The molecule has 2 aromatic heterocycles. The van der Waals surface area contributed by atoms with Crippen LogP contribution < -0.4 is 15.2 Å². The van der Waals surface area contributed by atoms with Gasteiger partial charge in [0.2, 0.25) is 6.79 Å². The van der Waals surface area contributed by atoms with Crippen molar-refractivity contribution in [3.63, 3.8) is 0 Å². The fourth-order valence-electron chi connectivity index (χ4n) is 5.56. The van der Waals surface area contributed by atoms with E-state index in [1.807, 2.05) is 49.5 Å². The smallest absolute Gasteiger partial charge is 0.270 e. The van der Waals surface area contributed by atoms with Crippen LogP contribution in [0.1, 0.15) is 22.6 Å². The first-order valence-corrected chi connectivity index (χ1v) is 13.3. The van der Waals surface area contributed by atoms with Gasteiger partial charge in [-0.2, -0.15) is 5.26 Å². The predicted octanol–water partition coefficient (Wildman–Crippen LogP) is 6.26. The summed E-state index contributed by atoms with van der Waals surface area (Å²) in [5.41, 5.74) is 11.1. The number of nitrogens with two attached hydrogens (primary N) is 1. The molecule has 0 aliphatic carbocycles. The van der Waals surface area contributed by atoms with Crippen molar-refractivity contribution in [3.05, 3.63) is 130 Å². The molecule has 1 aliphatic rings. The number of nitriles is 1. The van der Waals surface area contributed by atoms with Gasteiger partial charge in [-0.25, -0.2) is 4.98 Å². The minimum atomic E-state index is -1.32. The number of non-ortho nitro benzene ring substituents is 1. The Hall–Kier alpha value is -5.92. The lowest BCUT2D eigenvalue weighted by Gasteiger charge is -2.28. The quantitative estimate of drug-likeness (QED) is 0.183. The van der Waals surface area contributed by atoms with Gasteiger partial charge in [0.05, 0.1) is 34.8 Å². The van der Waals surface area contributed by atoms with Crippen molar-refractivity contribution >= 4 is 16.7 Å². The van der Waals surface area contributed by atoms with Crippen LogP contribution in [-0.2, 0) is 12.6 Å². The van der Waals surface area contributed by atoms with Crippen LogP contribution in [0.2, 0.25) is 0 Å². The maximum atomic E-state index is 12.0. The molecule has 0 spiro atoms. The van der Waals surface area contributed by atoms with Gasteiger partial charge in [0.1, 0.15) is 16.9 Å². The number of nitrogens with zero attached hydrogens (tertiary/aromatic N) is 4. The van der Waals surface area contributed by atoms with E-state index in [-0.39, 0.29) is 12.5 Å². The minimum Gasteiger partial charge on any atom is -0.458 e. The molecule has 2 N–H and O–H groups in total. The second-order valence-electron chi connectivity index (χ2n) is 10.3. The Kier molecular flexibility index (Phi) is 5.97. The zero-order valence-electron chi connectivity index (χ0n) is 22.9. The zero-order chi connectivity index (χ0) is 29.7. The highest BCUT2D eigenvalue weighted by molar-refractivity contribution is 5.96. The van der Waals surface area contributed by atoms with Crippen LogP contribution in [0, 0.1) is 21.4 Å². The number of imidazole rings is 1. The van der Waals surface area contributed by atoms with Gasteiger partial charge < -0.3 is 24.2 Å². The van der Waals surface area contributed by atoms with Crippen LogP contribution in [0.25, 0.3) is 33.2 Å². The summed E-state index contributed by atoms with van der Waals surface area (Å²) in [6.07, 6.45) is 3.30. The summed E-state index contributed by atoms with van der Waals surface area (Å²) in [4.78, 5) is 15.9. The lowest BCUT2D eigenvalue weighted by atomic mass is 9.84. The van der Waals surface area contributed by atoms with E-state index in [0.29, 0.717) is 50.6 Å². The Morgan fingerprint density at radius 2 is 1.74 bits per heavy atom. The van der Waals surface area contributed by atoms with E-state index in [1.54, 1.807) is 47.4 Å². The van der Waals surface area contributed by atoms with E-state index in [0.717, 1.165) is 16.7 Å². The fraction of sp³-hybridized carbons (Fsp3) is 0.0909. The summed E-state index contributed by atoms with van der Waals surface area (Å²) >= 11 is 0. The number of fused-ring (bicyclic) bond motifs is 2. The Balaban J connectivity index is 1.42. The van der Waals surface area contributed by atoms with Crippen LogP contribution >= 0.6 is 0 Å². The molecule has 1 unspecified atom stereocenters. The molecule has 6 aromatic rings. The molecule has 1 atom stereocenters. The number of hydrogen-bond donors (Lipinski definition) is 1. The molecule has 4 aromatic carbocycles. The summed E-state index contributed by atoms with van der Waals surface area (Å²) in [5.74, 6) is 1.71. The van der Waals surface area contributed by atoms with E-state index in [2.05, 4.69) is 11.1 Å². The lowest BCUT2D eigenvalue weighted by molar-refractivity contribution is -0.384. The molecule has 0 bridgehead atoms. The molecule has 0 amide bonds. The number of benzene rings is 4. The summed E-state index contributed by atoms with van der Waals surface area (Å²) in [7, 11) is 1.83. The van der Waals surface area contributed by atoms with Crippen molar-refractivity contribution in [1.29, 1.82) is 5.26 Å². The van der Waals surface area contributed by atoms with Crippen molar-refractivity contribution < 1.29 is 18.8 Å². The van der Waals surface area contributed by atoms with E-state index >= 15 is 0 Å². The Morgan fingerprint density at radius 3 is 2.49 bits per heavy atom. The van der Waals surface area contributed by atoms with Gasteiger partial charge in [0.25, 0.3) is 5.69 Å². The van der Waals surface area contributed by atoms with Gasteiger partial charge >= 0.3 is 0 Å². The molecule has 7 rings (SSSR count). The number of ether oxygens (including phenoxy) is 2. The summed E-state index contributed by atoms with van der Waals surface area (Å²) < 4.78 is 19.4. The molecule has 10 heteroatoms. The van der Waals surface area contributed by atoms with Gasteiger partial charge in [0.15, 0.2) is 11.5 Å². The van der Waals surface area contributed by atoms with Crippen LogP contribution in [0.15, 0.2) is 102 Å². The third-order valence-corrected chi connectivity index (χ3v) is 7.77. The van der Waals surface area contributed by atoms with Crippen LogP contribution in [0.4, 0.5) is 5.69 Å². The number of aryl methyl sites for hydroxylation is 1. The van der Waals surface area contributed by atoms with Gasteiger partial charge in [-0.05, 0) is 58.7 Å². The van der Waals surface area contributed by atoms with Gasteiger partial charge in [-0.3, -0.25) is 10.1 Å². The molecule has 10 nitrogen and oxygen atoms in total. The van der Waals surface area contributed by atoms with Crippen molar-refractivity contribution in [2.75, 3.05) is 6.79 Å². The summed E-state index contributed by atoms with van der Waals surface area (Å²) in [6.45, 7) is 0.176. The Bertz CT molecular complexity index is 2090. The molecule has 0 saturated heterocycles. The summed E-state index contributed by atoms with van der Waals surface area (Å²) in [5, 5.41) is 21.9. The van der Waals surface area contributed by atoms with Crippen molar-refractivity contribution in [3.8, 4) is 39.8 Å². The summed E-state index contributed by atoms with van der Waals surface area (Å²) in [6, 6.07) is 27.2. The number of furan rings is 1. The van der Waals surface area contributed by atoms with E-state index < -0.39 is 10.5 Å². The van der Waals surface area contributed by atoms with Gasteiger partial charge in [0, 0.05) is 30.1 Å². The number of nitro groups is 1. The average Bonchev–Trinajstić information content (AvgIpc) is 3.79. The molecule has 43 heavy (non-hydrogen) atoms. The molecule has 210 valence electrons. The first-order chi connectivity index (χ1) is 20.8. The standard InChI is InChI=1S/C33H23N5O5/c1-37-18-36-17-30(37)33(35,25-8-5-20(16-34)6-9-25)31-14-24-12-26(38(39)40)15-27(32(24)43-31)23-4-2-3-21(11-23)22-7-10-28-29(13-22)42-19-41-28/h2-15,17-18H,19,35H2,1H3. The van der Waals surface area contributed by atoms with Crippen molar-refractivity contribution in [1.82, 2.24) is 9.55 Å². The van der Waals surface area contributed by atoms with Crippen molar-refractivity contribution in [2.45, 2.75) is 5.54 Å². The van der Waals surface area contributed by atoms with Crippen molar-refractivity contribution in [2.24, 2.45) is 12.8 Å². The van der Waals surface area contributed by atoms with Gasteiger partial charge in [-0.1, -0.05) is 36.4 Å². The van der Waals surface area contributed by atoms with E-state index in [9.17, 15) is 15.4 Å². The Morgan fingerprint density at radius 1 is 0.977 bits per heavy atom. The molecular formula is C33H23N5O5. The Labute approximate surface area is 245 Å². The monoisotopic (exact) mass is 569 g/mol. The number of hydrogen-bond acceptors (Lipinski definition) is 8. The molecule has 3 heterocycles.